The molecule has 0 saturated carbocycles. The quantitative estimate of drug-likeness (QED) is 0.673. The van der Waals surface area contributed by atoms with Gasteiger partial charge in [0.05, 0.1) is 19.0 Å². The molecule has 130 valence electrons. The average Bonchev–Trinajstić information content (AvgIpc) is 3.22. The predicted octanol–water partition coefficient (Wildman–Crippen LogP) is 3.07. The molecule has 0 bridgehead atoms. The molecule has 0 atom stereocenters. The van der Waals surface area contributed by atoms with Gasteiger partial charge in [0.1, 0.15) is 16.4 Å². The van der Waals surface area contributed by atoms with E-state index in [4.69, 9.17) is 4.42 Å². The Labute approximate surface area is 148 Å². The Kier molecular flexibility index (Phi) is 3.95. The molecule has 7 heteroatoms. The summed E-state index contributed by atoms with van der Waals surface area (Å²) in [6, 6.07) is 3.24. The topological polar surface area (TPSA) is 74.3 Å². The van der Waals surface area contributed by atoms with Gasteiger partial charge in [-0.15, -0.1) is 11.3 Å². The van der Waals surface area contributed by atoms with Crippen molar-refractivity contribution in [3.63, 3.8) is 0 Å². The van der Waals surface area contributed by atoms with Crippen molar-refractivity contribution in [3.05, 3.63) is 50.3 Å². The van der Waals surface area contributed by atoms with E-state index < -0.39 is 5.97 Å². The molecule has 1 aliphatic carbocycles. The summed E-state index contributed by atoms with van der Waals surface area (Å²) in [6.45, 7) is 2.07. The van der Waals surface area contributed by atoms with Crippen molar-refractivity contribution in [1.82, 2.24) is 9.55 Å². The van der Waals surface area contributed by atoms with E-state index in [0.29, 0.717) is 11.6 Å². The number of thiophene rings is 1. The molecule has 3 heterocycles. The van der Waals surface area contributed by atoms with Crippen LogP contribution in [0.2, 0.25) is 0 Å². The molecular weight excluding hydrogens is 340 g/mol. The van der Waals surface area contributed by atoms with Gasteiger partial charge in [0, 0.05) is 4.88 Å². The second-order valence-corrected chi connectivity index (χ2v) is 7.28. The third kappa shape index (κ3) is 2.68. The highest BCUT2D eigenvalue weighted by Crippen LogP contribution is 2.33. The highest BCUT2D eigenvalue weighted by Gasteiger charge is 2.21. The number of carbonyl (C=O) groups is 1. The van der Waals surface area contributed by atoms with E-state index in [1.165, 1.54) is 24.0 Å². The fraction of sp³-hybridized carbons (Fsp3) is 0.389. The molecule has 0 spiro atoms. The lowest BCUT2D eigenvalue weighted by atomic mass is 9.97. The number of nitrogens with zero attached hydrogens (tertiary/aromatic N) is 2. The second-order valence-electron chi connectivity index (χ2n) is 6.20. The minimum Gasteiger partial charge on any atom is -0.463 e. The number of esters is 1. The first-order valence-corrected chi connectivity index (χ1v) is 9.09. The van der Waals surface area contributed by atoms with Gasteiger partial charge in [0.25, 0.3) is 5.56 Å². The summed E-state index contributed by atoms with van der Waals surface area (Å²) >= 11 is 1.64. The SMILES string of the molecule is COC(=O)c1ccc(Cn2c(C)nc3sc4c(c3c2=O)CCCC4)o1. The number of furan rings is 1. The summed E-state index contributed by atoms with van der Waals surface area (Å²) in [4.78, 5) is 31.4. The van der Waals surface area contributed by atoms with Crippen molar-refractivity contribution < 1.29 is 13.9 Å². The fourth-order valence-electron chi connectivity index (χ4n) is 3.36. The summed E-state index contributed by atoms with van der Waals surface area (Å²) in [5.74, 6) is 0.768. The molecule has 1 aliphatic rings. The van der Waals surface area contributed by atoms with Crippen LogP contribution in [0.1, 0.15) is 45.4 Å². The number of hydrogen-bond acceptors (Lipinski definition) is 6. The van der Waals surface area contributed by atoms with E-state index in [1.54, 1.807) is 28.0 Å². The van der Waals surface area contributed by atoms with E-state index in [0.717, 1.165) is 29.5 Å². The lowest BCUT2D eigenvalue weighted by Gasteiger charge is -2.11. The number of hydrogen-bond donors (Lipinski definition) is 0. The summed E-state index contributed by atoms with van der Waals surface area (Å²) in [6.07, 6.45) is 4.28. The van der Waals surface area contributed by atoms with Gasteiger partial charge in [-0.2, -0.15) is 0 Å². The number of aryl methyl sites for hydroxylation is 3. The Morgan fingerprint density at radius 1 is 1.36 bits per heavy atom. The Hall–Kier alpha value is -2.41. The van der Waals surface area contributed by atoms with Gasteiger partial charge >= 0.3 is 5.97 Å². The Balaban J connectivity index is 1.78. The summed E-state index contributed by atoms with van der Waals surface area (Å²) in [5, 5.41) is 0.755. The van der Waals surface area contributed by atoms with Crippen LogP contribution in [0.4, 0.5) is 0 Å². The van der Waals surface area contributed by atoms with E-state index in [-0.39, 0.29) is 17.9 Å². The van der Waals surface area contributed by atoms with Crippen LogP contribution in [-0.2, 0) is 24.1 Å². The van der Waals surface area contributed by atoms with Crippen LogP contribution >= 0.6 is 11.3 Å². The third-order valence-corrected chi connectivity index (χ3v) is 5.81. The van der Waals surface area contributed by atoms with Gasteiger partial charge in [-0.3, -0.25) is 9.36 Å². The van der Waals surface area contributed by atoms with Crippen LogP contribution in [0.5, 0.6) is 0 Å². The fourth-order valence-corrected chi connectivity index (χ4v) is 4.65. The van der Waals surface area contributed by atoms with Crippen LogP contribution in [0.3, 0.4) is 0 Å². The number of aromatic nitrogens is 2. The van der Waals surface area contributed by atoms with Gasteiger partial charge in [0.15, 0.2) is 0 Å². The summed E-state index contributed by atoms with van der Waals surface area (Å²) < 4.78 is 11.8. The lowest BCUT2D eigenvalue weighted by Crippen LogP contribution is -2.24. The Bertz CT molecular complexity index is 1030. The maximum atomic E-state index is 13.1. The van der Waals surface area contributed by atoms with E-state index in [1.807, 2.05) is 6.92 Å². The molecule has 0 N–H and O–H groups in total. The minimum atomic E-state index is -0.532. The second kappa shape index (κ2) is 6.15. The molecule has 0 fully saturated rings. The molecule has 0 amide bonds. The lowest BCUT2D eigenvalue weighted by molar-refractivity contribution is 0.0563. The molecule has 0 radical (unpaired) electrons. The van der Waals surface area contributed by atoms with Crippen LogP contribution in [0.25, 0.3) is 10.2 Å². The maximum Gasteiger partial charge on any atom is 0.373 e. The van der Waals surface area contributed by atoms with Gasteiger partial charge in [-0.25, -0.2) is 9.78 Å². The van der Waals surface area contributed by atoms with E-state index >= 15 is 0 Å². The van der Waals surface area contributed by atoms with Crippen molar-refractivity contribution in [3.8, 4) is 0 Å². The first-order valence-electron chi connectivity index (χ1n) is 8.27. The predicted molar refractivity (Wildman–Crippen MR) is 94.4 cm³/mol. The number of ether oxygens (including phenoxy) is 1. The largest absolute Gasteiger partial charge is 0.463 e. The van der Waals surface area contributed by atoms with E-state index in [9.17, 15) is 9.59 Å². The van der Waals surface area contributed by atoms with Crippen LogP contribution < -0.4 is 5.56 Å². The first-order chi connectivity index (χ1) is 12.1. The third-order valence-electron chi connectivity index (χ3n) is 4.63. The van der Waals surface area contributed by atoms with Crippen LogP contribution in [-0.4, -0.2) is 22.6 Å². The van der Waals surface area contributed by atoms with Gasteiger partial charge in [-0.1, -0.05) is 0 Å². The van der Waals surface area contributed by atoms with Crippen molar-refractivity contribution >= 4 is 27.5 Å². The number of rotatable bonds is 3. The number of fused-ring (bicyclic) bond motifs is 3. The Morgan fingerprint density at radius 2 is 2.16 bits per heavy atom. The molecule has 3 aromatic heterocycles. The van der Waals surface area contributed by atoms with Crippen molar-refractivity contribution in [2.75, 3.05) is 7.11 Å². The van der Waals surface area contributed by atoms with Gasteiger partial charge in [0.2, 0.25) is 5.76 Å². The molecule has 4 rings (SSSR count). The van der Waals surface area contributed by atoms with Crippen molar-refractivity contribution in [1.29, 1.82) is 0 Å². The molecule has 0 unspecified atom stereocenters. The molecule has 0 aromatic carbocycles. The number of methoxy groups -OCH3 is 1. The molecule has 25 heavy (non-hydrogen) atoms. The monoisotopic (exact) mass is 358 g/mol. The van der Waals surface area contributed by atoms with Crippen LogP contribution in [0, 0.1) is 6.92 Å². The van der Waals surface area contributed by atoms with Crippen LogP contribution in [0.15, 0.2) is 21.3 Å². The molecule has 3 aromatic rings. The minimum absolute atomic E-state index is 0.0297. The smallest absolute Gasteiger partial charge is 0.373 e. The molecule has 6 nitrogen and oxygen atoms in total. The van der Waals surface area contributed by atoms with Gasteiger partial charge in [-0.05, 0) is 50.3 Å². The molecule has 0 saturated heterocycles. The Morgan fingerprint density at radius 3 is 2.96 bits per heavy atom. The zero-order valence-corrected chi connectivity index (χ0v) is 14.9. The average molecular weight is 358 g/mol. The maximum absolute atomic E-state index is 13.1. The molecule has 0 aliphatic heterocycles. The normalized spacial score (nSPS) is 13.8. The van der Waals surface area contributed by atoms with Gasteiger partial charge < -0.3 is 9.15 Å². The van der Waals surface area contributed by atoms with Crippen molar-refractivity contribution in [2.45, 2.75) is 39.2 Å². The summed E-state index contributed by atoms with van der Waals surface area (Å²) in [5.41, 5.74) is 1.14. The van der Waals surface area contributed by atoms with Crippen molar-refractivity contribution in [2.24, 2.45) is 0 Å². The van der Waals surface area contributed by atoms with E-state index in [2.05, 4.69) is 9.72 Å². The standard InChI is InChI=1S/C18H18N2O4S/c1-10-19-16-15(12-5-3-4-6-14(12)25-16)17(21)20(10)9-11-7-8-13(24-11)18(22)23-2/h7-8H,3-6,9H2,1-2H3. The zero-order valence-electron chi connectivity index (χ0n) is 14.1. The number of carbonyl (C=O) groups excluding carboxylic acids is 1. The molecular formula is C18H18N2O4S. The first kappa shape index (κ1) is 16.1. The highest BCUT2D eigenvalue weighted by atomic mass is 32.1. The highest BCUT2D eigenvalue weighted by molar-refractivity contribution is 7.18. The zero-order chi connectivity index (χ0) is 17.6. The summed E-state index contributed by atoms with van der Waals surface area (Å²) in [7, 11) is 1.30.